The molecule has 4 aliphatic carbocycles. The van der Waals surface area contributed by atoms with Gasteiger partial charge in [0.05, 0.1) is 0 Å². The fourth-order valence-electron chi connectivity index (χ4n) is 5.32. The van der Waals surface area contributed by atoms with Crippen LogP contribution in [-0.2, 0) is 5.41 Å². The summed E-state index contributed by atoms with van der Waals surface area (Å²) in [7, 11) is 0. The lowest BCUT2D eigenvalue weighted by Gasteiger charge is -2.57. The van der Waals surface area contributed by atoms with Crippen molar-refractivity contribution in [1.82, 2.24) is 0 Å². The van der Waals surface area contributed by atoms with Crippen molar-refractivity contribution in [3.8, 4) is 0 Å². The molecule has 89 valence electrons. The van der Waals surface area contributed by atoms with Crippen LogP contribution in [0.4, 0.5) is 0 Å². The topological polar surface area (TPSA) is 0 Å². The summed E-state index contributed by atoms with van der Waals surface area (Å²) in [5.41, 5.74) is 3.32. The van der Waals surface area contributed by atoms with Gasteiger partial charge in [-0.15, -0.1) is 0 Å². The van der Waals surface area contributed by atoms with Crippen LogP contribution in [-0.4, -0.2) is 0 Å². The largest absolute Gasteiger partial charge is 0.0587 e. The van der Waals surface area contributed by atoms with Crippen LogP contribution < -0.4 is 0 Å². The van der Waals surface area contributed by atoms with Crippen molar-refractivity contribution < 1.29 is 0 Å². The molecule has 1 radical (unpaired) electrons. The Kier molecular flexibility index (Phi) is 2.02. The maximum Gasteiger partial charge on any atom is -0.00391 e. The van der Waals surface area contributed by atoms with Crippen molar-refractivity contribution in [3.63, 3.8) is 0 Å². The molecule has 0 heteroatoms. The SMILES string of the molecule is [CH2]c1ccc(C23CC4CC(CC(C4)C2)C3)cc1. The summed E-state index contributed by atoms with van der Waals surface area (Å²) in [6.07, 6.45) is 9.01. The number of rotatable bonds is 1. The highest BCUT2D eigenvalue weighted by Gasteiger charge is 2.51. The molecule has 0 N–H and O–H groups in total. The Balaban J connectivity index is 1.74. The van der Waals surface area contributed by atoms with E-state index >= 15 is 0 Å². The maximum absolute atomic E-state index is 4.01. The molecule has 1 aromatic carbocycles. The lowest BCUT2D eigenvalue weighted by Crippen LogP contribution is -2.48. The van der Waals surface area contributed by atoms with Gasteiger partial charge < -0.3 is 0 Å². The van der Waals surface area contributed by atoms with Gasteiger partial charge >= 0.3 is 0 Å². The Morgan fingerprint density at radius 3 is 1.76 bits per heavy atom. The Hall–Kier alpha value is -0.780. The minimum Gasteiger partial charge on any atom is -0.0587 e. The van der Waals surface area contributed by atoms with E-state index in [0.29, 0.717) is 5.41 Å². The molecule has 0 unspecified atom stereocenters. The predicted molar refractivity (Wildman–Crippen MR) is 70.8 cm³/mol. The van der Waals surface area contributed by atoms with Gasteiger partial charge in [0.25, 0.3) is 0 Å². The summed E-state index contributed by atoms with van der Waals surface area (Å²) >= 11 is 0. The van der Waals surface area contributed by atoms with E-state index < -0.39 is 0 Å². The van der Waals surface area contributed by atoms with Crippen LogP contribution in [0.2, 0.25) is 0 Å². The minimum absolute atomic E-state index is 0.558. The van der Waals surface area contributed by atoms with Crippen molar-refractivity contribution in [2.45, 2.75) is 43.9 Å². The van der Waals surface area contributed by atoms with Crippen LogP contribution in [0.1, 0.15) is 49.7 Å². The molecule has 0 saturated heterocycles. The normalized spacial score (nSPS) is 43.0. The third-order valence-corrected chi connectivity index (χ3v) is 5.60. The van der Waals surface area contributed by atoms with Gasteiger partial charge in [-0.25, -0.2) is 0 Å². The van der Waals surface area contributed by atoms with E-state index in [4.69, 9.17) is 0 Å². The monoisotopic (exact) mass is 225 g/mol. The number of benzene rings is 1. The summed E-state index contributed by atoms with van der Waals surface area (Å²) in [5, 5.41) is 0. The van der Waals surface area contributed by atoms with Crippen molar-refractivity contribution in [2.75, 3.05) is 0 Å². The molecule has 4 saturated carbocycles. The Morgan fingerprint density at radius 1 is 0.824 bits per heavy atom. The van der Waals surface area contributed by atoms with Crippen LogP contribution in [0.25, 0.3) is 0 Å². The van der Waals surface area contributed by atoms with Gasteiger partial charge in [-0.2, -0.15) is 0 Å². The zero-order valence-electron chi connectivity index (χ0n) is 10.5. The molecule has 0 aliphatic heterocycles. The van der Waals surface area contributed by atoms with E-state index in [2.05, 4.69) is 31.2 Å². The van der Waals surface area contributed by atoms with Gasteiger partial charge in [-0.1, -0.05) is 24.3 Å². The van der Waals surface area contributed by atoms with E-state index in [1.165, 1.54) is 38.5 Å². The minimum atomic E-state index is 0.558. The van der Waals surface area contributed by atoms with Crippen LogP contribution >= 0.6 is 0 Å². The van der Waals surface area contributed by atoms with Crippen molar-refractivity contribution in [3.05, 3.63) is 42.3 Å². The second-order valence-electron chi connectivity index (χ2n) is 6.89. The van der Waals surface area contributed by atoms with E-state index in [9.17, 15) is 0 Å². The van der Waals surface area contributed by atoms with E-state index in [-0.39, 0.29) is 0 Å². The van der Waals surface area contributed by atoms with Gasteiger partial charge in [0.15, 0.2) is 0 Å². The van der Waals surface area contributed by atoms with Gasteiger partial charge in [-0.3, -0.25) is 0 Å². The third-order valence-electron chi connectivity index (χ3n) is 5.60. The maximum atomic E-state index is 4.01. The Labute approximate surface area is 104 Å². The van der Waals surface area contributed by atoms with Crippen LogP contribution in [0.5, 0.6) is 0 Å². The highest BCUT2D eigenvalue weighted by atomic mass is 14.6. The first-order valence-electron chi connectivity index (χ1n) is 7.16. The molecule has 4 bridgehead atoms. The lowest BCUT2D eigenvalue weighted by molar-refractivity contribution is -0.00518. The average molecular weight is 225 g/mol. The van der Waals surface area contributed by atoms with Crippen LogP contribution in [0.15, 0.2) is 24.3 Å². The fraction of sp³-hybridized carbons (Fsp3) is 0.588. The summed E-state index contributed by atoms with van der Waals surface area (Å²) < 4.78 is 0. The van der Waals surface area contributed by atoms with Crippen LogP contribution in [0, 0.1) is 24.7 Å². The van der Waals surface area contributed by atoms with Gasteiger partial charge in [0.2, 0.25) is 0 Å². The highest BCUT2D eigenvalue weighted by Crippen LogP contribution is 2.60. The van der Waals surface area contributed by atoms with E-state index in [0.717, 1.165) is 23.3 Å². The fourth-order valence-corrected chi connectivity index (χ4v) is 5.32. The molecule has 0 amide bonds. The second-order valence-corrected chi connectivity index (χ2v) is 6.89. The lowest BCUT2D eigenvalue weighted by atomic mass is 9.48. The van der Waals surface area contributed by atoms with Crippen molar-refractivity contribution in [1.29, 1.82) is 0 Å². The third kappa shape index (κ3) is 1.49. The molecular weight excluding hydrogens is 204 g/mol. The van der Waals surface area contributed by atoms with E-state index in [1.54, 1.807) is 5.56 Å². The summed E-state index contributed by atoms with van der Waals surface area (Å²) in [6.45, 7) is 4.01. The molecule has 1 aromatic rings. The van der Waals surface area contributed by atoms with Crippen molar-refractivity contribution >= 4 is 0 Å². The molecule has 0 heterocycles. The quantitative estimate of drug-likeness (QED) is 0.667. The number of hydrogen-bond donors (Lipinski definition) is 0. The van der Waals surface area contributed by atoms with Crippen molar-refractivity contribution in [2.24, 2.45) is 17.8 Å². The predicted octanol–water partition coefficient (Wildman–Crippen LogP) is 4.34. The molecule has 4 fully saturated rings. The smallest absolute Gasteiger partial charge is 0.00391 e. The Morgan fingerprint density at radius 2 is 1.29 bits per heavy atom. The molecule has 0 nitrogen and oxygen atoms in total. The first-order chi connectivity index (χ1) is 8.23. The summed E-state index contributed by atoms with van der Waals surface area (Å²) in [4.78, 5) is 0. The molecule has 5 rings (SSSR count). The number of hydrogen-bond acceptors (Lipinski definition) is 0. The average Bonchev–Trinajstić information content (AvgIpc) is 2.27. The summed E-state index contributed by atoms with van der Waals surface area (Å²) in [5.74, 6) is 3.13. The molecule has 0 aromatic heterocycles. The highest BCUT2D eigenvalue weighted by molar-refractivity contribution is 5.32. The van der Waals surface area contributed by atoms with Gasteiger partial charge in [-0.05, 0) is 79.7 Å². The Bertz CT molecular complexity index is 391. The van der Waals surface area contributed by atoms with Crippen LogP contribution in [0.3, 0.4) is 0 Å². The molecule has 17 heavy (non-hydrogen) atoms. The molecule has 0 atom stereocenters. The standard InChI is InChI=1S/C17H21/c1-12-2-4-16(5-3-12)17-9-13-6-14(10-17)8-15(7-13)11-17/h2-5,13-15H,1,6-11H2. The zero-order chi connectivity index (χ0) is 11.5. The van der Waals surface area contributed by atoms with Gasteiger partial charge in [0.1, 0.15) is 0 Å². The first kappa shape index (κ1) is 10.2. The second kappa shape index (κ2) is 3.37. The first-order valence-corrected chi connectivity index (χ1v) is 7.16. The molecule has 4 aliphatic rings. The van der Waals surface area contributed by atoms with E-state index in [1.807, 2.05) is 0 Å². The van der Waals surface area contributed by atoms with Gasteiger partial charge in [0, 0.05) is 0 Å². The zero-order valence-corrected chi connectivity index (χ0v) is 10.5. The molecule has 0 spiro atoms. The summed E-state index contributed by atoms with van der Waals surface area (Å²) in [6, 6.07) is 9.12. The molecular formula is C17H21.